The van der Waals surface area contributed by atoms with E-state index in [1.165, 1.54) is 4.90 Å². The van der Waals surface area contributed by atoms with Crippen LogP contribution < -0.4 is 5.32 Å². The van der Waals surface area contributed by atoms with Gasteiger partial charge in [-0.2, -0.15) is 0 Å². The molecule has 0 aromatic heterocycles. The highest BCUT2D eigenvalue weighted by Crippen LogP contribution is 2.30. The van der Waals surface area contributed by atoms with E-state index in [-0.39, 0.29) is 25.6 Å². The van der Waals surface area contributed by atoms with Gasteiger partial charge in [-0.05, 0) is 23.8 Å². The molecule has 2 aliphatic heterocycles. The summed E-state index contributed by atoms with van der Waals surface area (Å²) in [7, 11) is 0. The van der Waals surface area contributed by atoms with Crippen molar-refractivity contribution in [3.63, 3.8) is 0 Å². The minimum atomic E-state index is -1.61. The minimum Gasteiger partial charge on any atom is -0.387 e. The molecule has 4 rings (SSSR count). The van der Waals surface area contributed by atoms with Gasteiger partial charge in [-0.25, -0.2) is 0 Å². The van der Waals surface area contributed by atoms with Crippen molar-refractivity contribution in [2.45, 2.75) is 24.4 Å². The number of fused-ring (bicyclic) bond motifs is 1. The molecule has 29 heavy (non-hydrogen) atoms. The third-order valence-electron chi connectivity index (χ3n) is 5.39. The lowest BCUT2D eigenvalue weighted by Crippen LogP contribution is -2.53. The number of β-amino-alcohol motifs (C(OH)–C–C–N with tert-alkyl or cyclic N) is 1. The van der Waals surface area contributed by atoms with Gasteiger partial charge in [0.25, 0.3) is 11.8 Å². The normalized spacial score (nSPS) is 25.9. The van der Waals surface area contributed by atoms with Crippen LogP contribution >= 0.6 is 11.6 Å². The van der Waals surface area contributed by atoms with Crippen LogP contribution in [0.3, 0.4) is 0 Å². The van der Waals surface area contributed by atoms with Crippen LogP contribution in [0.15, 0.2) is 48.5 Å². The average molecular weight is 417 g/mol. The fourth-order valence-corrected chi connectivity index (χ4v) is 4.01. The number of hydrogen-bond acceptors (Lipinski definition) is 5. The first kappa shape index (κ1) is 19.8. The van der Waals surface area contributed by atoms with Crippen LogP contribution in [-0.4, -0.2) is 64.4 Å². The van der Waals surface area contributed by atoms with Gasteiger partial charge >= 0.3 is 0 Å². The number of ether oxygens (including phenoxy) is 1. The van der Waals surface area contributed by atoms with E-state index in [0.717, 1.165) is 5.56 Å². The molecule has 0 aliphatic carbocycles. The molecule has 0 saturated carbocycles. The Morgan fingerprint density at radius 1 is 1.24 bits per heavy atom. The van der Waals surface area contributed by atoms with Crippen molar-refractivity contribution in [1.82, 2.24) is 10.2 Å². The lowest BCUT2D eigenvalue weighted by Gasteiger charge is -2.30. The van der Waals surface area contributed by atoms with Crippen LogP contribution in [0.4, 0.5) is 0 Å². The Bertz CT molecular complexity index is 952. The number of nitrogens with zero attached hydrogens (tertiary/aromatic N) is 1. The fraction of sp³-hybridized carbons (Fsp3) is 0.333. The van der Waals surface area contributed by atoms with Gasteiger partial charge in [0, 0.05) is 18.7 Å². The molecule has 0 radical (unpaired) electrons. The molecule has 0 bridgehead atoms. The number of nitrogens with one attached hydrogen (secondary N) is 1. The van der Waals surface area contributed by atoms with Crippen molar-refractivity contribution < 1.29 is 24.5 Å². The number of carbonyl (C=O) groups is 2. The molecule has 152 valence electrons. The number of rotatable bonds is 5. The van der Waals surface area contributed by atoms with E-state index in [4.69, 9.17) is 16.3 Å². The second-order valence-electron chi connectivity index (χ2n) is 7.41. The molecule has 0 spiro atoms. The maximum Gasteiger partial charge on any atom is 0.254 e. The van der Waals surface area contributed by atoms with E-state index in [1.54, 1.807) is 36.4 Å². The molecule has 2 aliphatic rings. The Morgan fingerprint density at radius 2 is 1.97 bits per heavy atom. The molecule has 3 N–H and O–H groups in total. The monoisotopic (exact) mass is 416 g/mol. The molecule has 2 heterocycles. The van der Waals surface area contributed by atoms with Crippen LogP contribution in [-0.2, 0) is 11.3 Å². The highest BCUT2D eigenvalue weighted by molar-refractivity contribution is 6.33. The van der Waals surface area contributed by atoms with Gasteiger partial charge in [-0.1, -0.05) is 41.9 Å². The van der Waals surface area contributed by atoms with Crippen molar-refractivity contribution in [3.8, 4) is 0 Å². The van der Waals surface area contributed by atoms with Gasteiger partial charge in [-0.15, -0.1) is 0 Å². The largest absolute Gasteiger partial charge is 0.387 e. The minimum absolute atomic E-state index is 0.00169. The predicted molar refractivity (Wildman–Crippen MR) is 106 cm³/mol. The van der Waals surface area contributed by atoms with Crippen molar-refractivity contribution >= 4 is 23.4 Å². The molecule has 3 atom stereocenters. The van der Waals surface area contributed by atoms with Crippen LogP contribution in [0.2, 0.25) is 5.02 Å². The van der Waals surface area contributed by atoms with E-state index < -0.39 is 23.7 Å². The summed E-state index contributed by atoms with van der Waals surface area (Å²) in [6.45, 7) is 0.178. The maximum absolute atomic E-state index is 12.5. The summed E-state index contributed by atoms with van der Waals surface area (Å²) in [5.41, 5.74) is 0.195. The summed E-state index contributed by atoms with van der Waals surface area (Å²) in [6.07, 6.45) is -2.06. The van der Waals surface area contributed by atoms with Gasteiger partial charge in [0.2, 0.25) is 0 Å². The number of aliphatic hydroxyl groups excluding tert-OH is 1. The summed E-state index contributed by atoms with van der Waals surface area (Å²) in [5, 5.41) is 24.5. The number of amides is 2. The predicted octanol–water partition coefficient (Wildman–Crippen LogP) is 1.22. The number of halogens is 1. The van der Waals surface area contributed by atoms with Crippen LogP contribution in [0.5, 0.6) is 0 Å². The Balaban J connectivity index is 1.37. The molecule has 1 saturated heterocycles. The second-order valence-corrected chi connectivity index (χ2v) is 7.81. The van der Waals surface area contributed by atoms with Crippen LogP contribution in [0.1, 0.15) is 26.3 Å². The number of benzene rings is 2. The maximum atomic E-state index is 12.5. The zero-order valence-electron chi connectivity index (χ0n) is 15.5. The molecule has 1 fully saturated rings. The van der Waals surface area contributed by atoms with Crippen molar-refractivity contribution in [2.75, 3.05) is 19.7 Å². The Labute approximate surface area is 172 Å². The number of hydrogen-bond donors (Lipinski definition) is 3. The molecule has 8 heteroatoms. The molecular weight excluding hydrogens is 396 g/mol. The first-order valence-electron chi connectivity index (χ1n) is 9.31. The first-order chi connectivity index (χ1) is 13.9. The van der Waals surface area contributed by atoms with Gasteiger partial charge in [0.15, 0.2) is 0 Å². The highest BCUT2D eigenvalue weighted by atomic mass is 35.5. The summed E-state index contributed by atoms with van der Waals surface area (Å²) >= 11 is 6.02. The van der Waals surface area contributed by atoms with Crippen molar-refractivity contribution in [3.05, 3.63) is 70.2 Å². The molecular formula is C21H21ClN2O5. The Morgan fingerprint density at radius 3 is 2.72 bits per heavy atom. The zero-order valence-corrected chi connectivity index (χ0v) is 16.3. The summed E-state index contributed by atoms with van der Waals surface area (Å²) in [5.74, 6) is -0.580. The lowest BCUT2D eigenvalue weighted by molar-refractivity contribution is -0.0643. The molecule has 2 aromatic rings. The average Bonchev–Trinajstić information content (AvgIpc) is 3.17. The van der Waals surface area contributed by atoms with E-state index in [0.29, 0.717) is 22.7 Å². The van der Waals surface area contributed by atoms with Crippen LogP contribution in [0.25, 0.3) is 0 Å². The summed E-state index contributed by atoms with van der Waals surface area (Å²) in [6, 6.07) is 13.9. The summed E-state index contributed by atoms with van der Waals surface area (Å²) < 4.78 is 5.53. The lowest BCUT2D eigenvalue weighted by atomic mass is 9.95. The van der Waals surface area contributed by atoms with Gasteiger partial charge < -0.3 is 25.2 Å². The SMILES string of the molecule is O=C(NC[C@H]1OC[C@@](O)(CN2Cc3ccccc3C2=O)[C@@H]1O)c1ccccc1Cl. The van der Waals surface area contributed by atoms with E-state index in [1.807, 2.05) is 12.1 Å². The topological polar surface area (TPSA) is 99.1 Å². The van der Waals surface area contributed by atoms with Gasteiger partial charge in [0.05, 0.1) is 23.7 Å². The molecule has 7 nitrogen and oxygen atoms in total. The Kier molecular flexibility index (Phi) is 5.31. The van der Waals surface area contributed by atoms with Crippen molar-refractivity contribution in [2.24, 2.45) is 0 Å². The van der Waals surface area contributed by atoms with Crippen molar-refractivity contribution in [1.29, 1.82) is 0 Å². The molecule has 2 amide bonds. The number of aliphatic hydroxyl groups is 2. The number of carbonyl (C=O) groups excluding carboxylic acids is 2. The first-order valence-corrected chi connectivity index (χ1v) is 9.69. The fourth-order valence-electron chi connectivity index (χ4n) is 3.79. The standard InChI is InChI=1S/C21H21ClN2O5/c22-16-8-4-3-7-15(16)19(26)23-9-17-18(25)21(28,12-29-17)11-24-10-13-5-1-2-6-14(13)20(24)27/h1-8,17-18,25,28H,9-12H2,(H,23,26)/t17-,18-,21+/m1/s1. The molecule has 0 unspecified atom stereocenters. The Hall–Kier alpha value is -2.45. The summed E-state index contributed by atoms with van der Waals surface area (Å²) in [4.78, 5) is 26.3. The third-order valence-corrected chi connectivity index (χ3v) is 5.72. The van der Waals surface area contributed by atoms with E-state index in [2.05, 4.69) is 5.32 Å². The van der Waals surface area contributed by atoms with E-state index in [9.17, 15) is 19.8 Å². The third kappa shape index (κ3) is 3.74. The van der Waals surface area contributed by atoms with Gasteiger partial charge in [-0.3, -0.25) is 9.59 Å². The second kappa shape index (κ2) is 7.76. The molecule has 2 aromatic carbocycles. The quantitative estimate of drug-likeness (QED) is 0.680. The zero-order chi connectivity index (χ0) is 20.6. The van der Waals surface area contributed by atoms with Crippen LogP contribution in [0, 0.1) is 0 Å². The van der Waals surface area contributed by atoms with Gasteiger partial charge in [0.1, 0.15) is 17.8 Å². The highest BCUT2D eigenvalue weighted by Gasteiger charge is 2.50. The van der Waals surface area contributed by atoms with E-state index >= 15 is 0 Å². The smallest absolute Gasteiger partial charge is 0.254 e.